The molecule has 0 unspecified atom stereocenters. The zero-order valence-electron chi connectivity index (χ0n) is 39.6. The number of hydrogen-bond donors (Lipinski definition) is 4. The number of likely N-dealkylation sites (tertiary alicyclic amines) is 1. The molecule has 1 fully saturated rings. The third-order valence-electron chi connectivity index (χ3n) is 11.4. The molecule has 4 N–H and O–H groups in total. The van der Waals surface area contributed by atoms with E-state index in [9.17, 15) is 22.4 Å². The number of hydrogen-bond acceptors (Lipinski definition) is 13. The Morgan fingerprint density at radius 2 is 1.70 bits per heavy atom. The smallest absolute Gasteiger partial charge is 0.406 e. The first-order valence-electron chi connectivity index (χ1n) is 22.9. The molecule has 0 aliphatic carbocycles. The lowest BCUT2D eigenvalue weighted by Gasteiger charge is -2.33. The Kier molecular flexibility index (Phi) is 17.8. The van der Waals surface area contributed by atoms with Crippen molar-refractivity contribution in [1.82, 2.24) is 24.9 Å². The highest BCUT2D eigenvalue weighted by Gasteiger charge is 2.31. The van der Waals surface area contributed by atoms with Gasteiger partial charge in [0.25, 0.3) is 5.91 Å². The third kappa shape index (κ3) is 14.5. The van der Waals surface area contributed by atoms with Crippen LogP contribution in [0.3, 0.4) is 0 Å². The predicted octanol–water partition coefficient (Wildman–Crippen LogP) is 8.02. The number of carbonyl (C=O) groups is 1. The SMILES string of the molecule is COc1ncc(-c2c(C)noc2C)cc1NCc1cccc(OCC(=O)NCCOCCOCCOc2ccc(NCC#Cc3cc4c(N[C@@H]5CCN(C)C[C@@H]5F)cccc4n3CC(F)(F)F)cc2)c1. The van der Waals surface area contributed by atoms with Crippen LogP contribution in [0, 0.1) is 25.7 Å². The second kappa shape index (κ2) is 24.5. The van der Waals surface area contributed by atoms with Crippen molar-refractivity contribution in [3.05, 3.63) is 108 Å². The van der Waals surface area contributed by atoms with Gasteiger partial charge in [-0.3, -0.25) is 4.79 Å². The molecular formula is C51H58F4N8O7. The van der Waals surface area contributed by atoms with Crippen LogP contribution in [0.1, 0.15) is 29.1 Å². The summed E-state index contributed by atoms with van der Waals surface area (Å²) in [6, 6.07) is 22.8. The molecule has 7 rings (SSSR count). The fraction of sp³-hybridized carbons (Fsp3) is 0.392. The minimum Gasteiger partial charge on any atom is -0.491 e. The number of anilines is 3. The lowest BCUT2D eigenvalue weighted by atomic mass is 10.0. The number of halogens is 4. The van der Waals surface area contributed by atoms with Gasteiger partial charge in [0.05, 0.1) is 68.7 Å². The minimum absolute atomic E-state index is 0.153. The monoisotopic (exact) mass is 970 g/mol. The Morgan fingerprint density at radius 1 is 0.914 bits per heavy atom. The van der Waals surface area contributed by atoms with Crippen molar-refractivity contribution in [2.45, 2.75) is 51.7 Å². The number of ether oxygens (including phenoxy) is 5. The van der Waals surface area contributed by atoms with Crippen LogP contribution in [0.5, 0.6) is 17.4 Å². The van der Waals surface area contributed by atoms with Gasteiger partial charge >= 0.3 is 6.18 Å². The van der Waals surface area contributed by atoms with Crippen LogP contribution in [0.2, 0.25) is 0 Å². The van der Waals surface area contributed by atoms with Gasteiger partial charge < -0.3 is 58.9 Å². The van der Waals surface area contributed by atoms with Crippen molar-refractivity contribution < 1.29 is 50.6 Å². The number of carbonyl (C=O) groups excluding carboxylic acids is 1. The van der Waals surface area contributed by atoms with Crippen LogP contribution in [0.4, 0.5) is 34.6 Å². The summed E-state index contributed by atoms with van der Waals surface area (Å²) in [7, 11) is 3.42. The molecule has 19 heteroatoms. The Morgan fingerprint density at radius 3 is 2.46 bits per heavy atom. The maximum atomic E-state index is 14.8. The normalized spacial score (nSPS) is 15.0. The van der Waals surface area contributed by atoms with E-state index in [0.29, 0.717) is 105 Å². The zero-order chi connectivity index (χ0) is 49.5. The number of amides is 1. The topological polar surface area (TPSA) is 158 Å². The van der Waals surface area contributed by atoms with Crippen molar-refractivity contribution in [3.8, 4) is 40.3 Å². The third-order valence-corrected chi connectivity index (χ3v) is 11.4. The number of fused-ring (bicyclic) bond motifs is 1. The lowest BCUT2D eigenvalue weighted by Crippen LogP contribution is -2.46. The van der Waals surface area contributed by atoms with E-state index in [0.717, 1.165) is 39.2 Å². The first kappa shape index (κ1) is 50.9. The molecule has 3 aromatic heterocycles. The number of alkyl halides is 4. The van der Waals surface area contributed by atoms with E-state index in [2.05, 4.69) is 43.2 Å². The van der Waals surface area contributed by atoms with Crippen LogP contribution in [-0.2, 0) is 27.4 Å². The average Bonchev–Trinajstić information content (AvgIpc) is 3.87. The van der Waals surface area contributed by atoms with Crippen molar-refractivity contribution in [1.29, 1.82) is 0 Å². The van der Waals surface area contributed by atoms with Crippen LogP contribution >= 0.6 is 0 Å². The number of rotatable bonds is 23. The van der Waals surface area contributed by atoms with E-state index in [1.54, 1.807) is 55.8 Å². The Balaban J connectivity index is 0.748. The zero-order valence-corrected chi connectivity index (χ0v) is 39.6. The summed E-state index contributed by atoms with van der Waals surface area (Å²) in [6.45, 7) is 5.98. The fourth-order valence-corrected chi connectivity index (χ4v) is 7.95. The maximum Gasteiger partial charge on any atom is 0.406 e. The van der Waals surface area contributed by atoms with Crippen molar-refractivity contribution in [2.24, 2.45) is 0 Å². The Hall–Kier alpha value is -7.01. The molecule has 3 aromatic carbocycles. The molecule has 15 nitrogen and oxygen atoms in total. The van der Waals surface area contributed by atoms with E-state index in [1.807, 2.05) is 62.2 Å². The first-order chi connectivity index (χ1) is 33.8. The van der Waals surface area contributed by atoms with Crippen LogP contribution in [0.25, 0.3) is 22.0 Å². The van der Waals surface area contributed by atoms with Gasteiger partial charge in [0.2, 0.25) is 5.88 Å². The summed E-state index contributed by atoms with van der Waals surface area (Å²) in [6.07, 6.45) is -3.26. The van der Waals surface area contributed by atoms with Gasteiger partial charge in [0, 0.05) is 60.3 Å². The Bertz CT molecular complexity index is 2700. The molecule has 1 amide bonds. The minimum atomic E-state index is -4.46. The van der Waals surface area contributed by atoms with Gasteiger partial charge in [-0.15, -0.1) is 0 Å². The van der Waals surface area contributed by atoms with Crippen LogP contribution in [-0.4, -0.2) is 124 Å². The molecule has 2 atom stereocenters. The molecule has 0 radical (unpaired) electrons. The summed E-state index contributed by atoms with van der Waals surface area (Å²) in [4.78, 5) is 18.8. The second-order valence-corrected chi connectivity index (χ2v) is 16.7. The number of piperidine rings is 1. The number of pyridine rings is 1. The predicted molar refractivity (Wildman–Crippen MR) is 259 cm³/mol. The van der Waals surface area contributed by atoms with Crippen LogP contribution in [0.15, 0.2) is 89.6 Å². The first-order valence-corrected chi connectivity index (χ1v) is 22.9. The molecule has 1 aliphatic rings. The molecule has 1 aliphatic heterocycles. The van der Waals surface area contributed by atoms with Gasteiger partial charge in [-0.1, -0.05) is 29.3 Å². The van der Waals surface area contributed by atoms with Crippen molar-refractivity contribution >= 4 is 33.9 Å². The van der Waals surface area contributed by atoms with Crippen LogP contribution < -0.4 is 35.5 Å². The second-order valence-electron chi connectivity index (χ2n) is 16.7. The van der Waals surface area contributed by atoms with E-state index in [-0.39, 0.29) is 24.8 Å². The highest BCUT2D eigenvalue weighted by Crippen LogP contribution is 2.34. The standard InChI is InChI=1S/C51H58F4N8O7/c1-34-49(35(2)70-61-34)37-27-46(50(65-4)59-30-37)58-29-36-8-5-10-41(26-36)69-32-48(64)57-19-21-66-22-23-67-24-25-68-40-15-13-38(14-16-40)56-18-7-9-39-28-42-44(60-45-17-20-62(3)31-43(45)52)11-6-12-47(42)63(39)33-51(53,54)55/h5-6,8,10-16,26-28,30,43,45,56,58,60H,17-25,29,31-33H2,1-4H3,(H,57,64)/t43-,45+/m0/s1. The van der Waals surface area contributed by atoms with Crippen molar-refractivity contribution in [3.63, 3.8) is 0 Å². The summed E-state index contributed by atoms with van der Waals surface area (Å²) >= 11 is 0. The molecule has 6 aromatic rings. The number of aromatic nitrogens is 3. The van der Waals surface area contributed by atoms with E-state index >= 15 is 0 Å². The quantitative estimate of drug-likeness (QED) is 0.0278. The van der Waals surface area contributed by atoms with Gasteiger partial charge in [-0.25, -0.2) is 9.37 Å². The molecule has 372 valence electrons. The number of benzene rings is 3. The molecule has 1 saturated heterocycles. The number of aryl methyl sites for hydroxylation is 2. The molecule has 0 spiro atoms. The van der Waals surface area contributed by atoms with Crippen molar-refractivity contribution in [2.75, 3.05) is 95.9 Å². The van der Waals surface area contributed by atoms with E-state index in [4.69, 9.17) is 28.2 Å². The fourth-order valence-electron chi connectivity index (χ4n) is 7.95. The Labute approximate surface area is 404 Å². The van der Waals surface area contributed by atoms with E-state index < -0.39 is 24.9 Å². The van der Waals surface area contributed by atoms with Gasteiger partial charge in [0.15, 0.2) is 6.61 Å². The molecule has 70 heavy (non-hydrogen) atoms. The molecule has 0 saturated carbocycles. The molecular weight excluding hydrogens is 913 g/mol. The highest BCUT2D eigenvalue weighted by molar-refractivity contribution is 5.94. The van der Waals surface area contributed by atoms with Gasteiger partial charge in [-0.05, 0) is 99.5 Å². The maximum absolute atomic E-state index is 14.8. The van der Waals surface area contributed by atoms with Gasteiger partial charge in [-0.2, -0.15) is 13.2 Å². The summed E-state index contributed by atoms with van der Waals surface area (Å²) in [5, 5.41) is 17.2. The summed E-state index contributed by atoms with van der Waals surface area (Å²) in [5.41, 5.74) is 6.07. The highest BCUT2D eigenvalue weighted by atomic mass is 19.4. The molecule has 4 heterocycles. The number of nitrogens with zero attached hydrogens (tertiary/aromatic N) is 4. The number of methoxy groups -OCH3 is 1. The lowest BCUT2D eigenvalue weighted by molar-refractivity contribution is -0.140. The number of nitrogens with one attached hydrogen (secondary N) is 4. The largest absolute Gasteiger partial charge is 0.491 e. The van der Waals surface area contributed by atoms with E-state index in [1.165, 1.54) is 0 Å². The van der Waals surface area contributed by atoms with Gasteiger partial charge in [0.1, 0.15) is 36.6 Å². The average molecular weight is 971 g/mol. The molecule has 0 bridgehead atoms. The summed E-state index contributed by atoms with van der Waals surface area (Å²) in [5.74, 6) is 7.90. The summed E-state index contributed by atoms with van der Waals surface area (Å²) < 4.78 is 90.5.